The summed E-state index contributed by atoms with van der Waals surface area (Å²) in [6, 6.07) is 7.44. The van der Waals surface area contributed by atoms with E-state index in [1.807, 2.05) is 0 Å². The van der Waals surface area contributed by atoms with Crippen LogP contribution in [0.2, 0.25) is 5.02 Å². The number of alkyl halides is 4. The van der Waals surface area contributed by atoms with Crippen LogP contribution in [0, 0.1) is 17.6 Å². The zero-order valence-corrected chi connectivity index (χ0v) is 31.9. The highest BCUT2D eigenvalue weighted by Gasteiger charge is 2.67. The van der Waals surface area contributed by atoms with Gasteiger partial charge in [-0.15, -0.1) is 0 Å². The summed E-state index contributed by atoms with van der Waals surface area (Å²) in [4.78, 5) is 33.4. The monoisotopic (exact) mass is 882 g/mol. The van der Waals surface area contributed by atoms with E-state index < -0.39 is 98.5 Å². The van der Waals surface area contributed by atoms with Gasteiger partial charge in [-0.2, -0.15) is 19.0 Å². The van der Waals surface area contributed by atoms with E-state index in [1.165, 1.54) is 42.1 Å². The molecule has 3 aromatic heterocycles. The molecule has 1 unspecified atom stereocenters. The van der Waals surface area contributed by atoms with Crippen molar-refractivity contribution in [1.29, 1.82) is 0 Å². The lowest BCUT2D eigenvalue weighted by Gasteiger charge is -2.30. The molecule has 2 aliphatic rings. The van der Waals surface area contributed by atoms with Gasteiger partial charge in [-0.25, -0.2) is 35.6 Å². The van der Waals surface area contributed by atoms with Crippen LogP contribution in [0.3, 0.4) is 0 Å². The minimum absolute atomic E-state index is 0.00875. The Hall–Kier alpha value is -4.95. The van der Waals surface area contributed by atoms with Crippen molar-refractivity contribution in [2.24, 2.45) is 18.7 Å². The lowest BCUT2D eigenvalue weighted by molar-refractivity contribution is -0.122. The molecule has 2 aliphatic carbocycles. The second-order valence-electron chi connectivity index (χ2n) is 13.8. The van der Waals surface area contributed by atoms with Crippen LogP contribution >= 0.6 is 27.5 Å². The molecule has 56 heavy (non-hydrogen) atoms. The number of aryl methyl sites for hydroxylation is 1. The van der Waals surface area contributed by atoms with Crippen LogP contribution in [0.1, 0.15) is 59.1 Å². The van der Waals surface area contributed by atoms with Crippen molar-refractivity contribution in [1.82, 2.24) is 29.1 Å². The number of benzene rings is 3. The number of fused-ring (bicyclic) bond motifs is 5. The van der Waals surface area contributed by atoms with Crippen molar-refractivity contribution in [3.05, 3.63) is 108 Å². The summed E-state index contributed by atoms with van der Waals surface area (Å²) in [6.07, 6.45) is -3.18. The van der Waals surface area contributed by atoms with Gasteiger partial charge in [-0.3, -0.25) is 23.6 Å². The van der Waals surface area contributed by atoms with Gasteiger partial charge in [0.05, 0.1) is 44.7 Å². The van der Waals surface area contributed by atoms with Gasteiger partial charge in [0.2, 0.25) is 15.9 Å². The number of halogens is 8. The Morgan fingerprint density at radius 1 is 1.11 bits per heavy atom. The number of nitrogens with one attached hydrogen (secondary N) is 1. The lowest BCUT2D eigenvalue weighted by Crippen LogP contribution is -2.39. The minimum atomic E-state index is -3.94. The number of primary amides is 1. The molecule has 8 rings (SSSR count). The van der Waals surface area contributed by atoms with Gasteiger partial charge >= 0.3 is 0 Å². The van der Waals surface area contributed by atoms with Crippen molar-refractivity contribution in [2.75, 3.05) is 11.0 Å². The smallest absolute Gasteiger partial charge is 0.293 e. The van der Waals surface area contributed by atoms with Crippen LogP contribution in [-0.4, -0.2) is 49.7 Å². The van der Waals surface area contributed by atoms with E-state index in [9.17, 15) is 35.6 Å². The molecule has 3 N–H and O–H groups in total. The molecule has 0 radical (unpaired) electrons. The van der Waals surface area contributed by atoms with Crippen LogP contribution in [0.4, 0.5) is 32.2 Å². The van der Waals surface area contributed by atoms with Gasteiger partial charge in [0, 0.05) is 29.1 Å². The Balaban J connectivity index is 1.49. The molecule has 292 valence electrons. The summed E-state index contributed by atoms with van der Waals surface area (Å²) in [7, 11) is -2.52. The number of hydrogen-bond donors (Lipinski definition) is 2. The van der Waals surface area contributed by atoms with Gasteiger partial charge in [0.15, 0.2) is 5.82 Å². The van der Waals surface area contributed by atoms with Crippen LogP contribution in [-0.2, 0) is 34.2 Å². The highest BCUT2D eigenvalue weighted by Crippen LogP contribution is 2.68. The first kappa shape index (κ1) is 37.9. The summed E-state index contributed by atoms with van der Waals surface area (Å²) < 4.78 is 120. The molecular weight excluding hydrogens is 858 g/mol. The number of aromatic nitrogens is 6. The predicted molar refractivity (Wildman–Crippen MR) is 196 cm³/mol. The van der Waals surface area contributed by atoms with Crippen molar-refractivity contribution in [3.63, 3.8) is 0 Å². The molecule has 1 saturated carbocycles. The Kier molecular flexibility index (Phi) is 8.85. The second-order valence-corrected chi connectivity index (χ2v) is 16.8. The van der Waals surface area contributed by atoms with E-state index in [2.05, 4.69) is 30.8 Å². The highest BCUT2D eigenvalue weighted by atomic mass is 79.9. The van der Waals surface area contributed by atoms with Crippen LogP contribution in [0.15, 0.2) is 57.8 Å². The highest BCUT2D eigenvalue weighted by molar-refractivity contribution is 9.10. The average molecular weight is 884 g/mol. The van der Waals surface area contributed by atoms with Crippen molar-refractivity contribution < 1.29 is 39.6 Å². The fourth-order valence-electron chi connectivity index (χ4n) is 7.91. The summed E-state index contributed by atoms with van der Waals surface area (Å²) in [5.41, 5.74) is 2.65. The molecule has 4 atom stereocenters. The van der Waals surface area contributed by atoms with E-state index in [4.69, 9.17) is 22.3 Å². The van der Waals surface area contributed by atoms with E-state index in [1.54, 1.807) is 0 Å². The minimum Gasteiger partial charge on any atom is -0.368 e. The topological polar surface area (TPSA) is 160 Å². The molecular formula is C35H26BrClF6N8O4S. The summed E-state index contributed by atoms with van der Waals surface area (Å²) in [5.74, 6) is -11.8. The fraction of sp³-hybridized carbons (Fsp3) is 0.286. The van der Waals surface area contributed by atoms with Gasteiger partial charge < -0.3 is 5.73 Å². The molecule has 0 saturated heterocycles. The van der Waals surface area contributed by atoms with Crippen LogP contribution in [0.5, 0.6) is 0 Å². The Labute approximate surface area is 325 Å². The largest absolute Gasteiger partial charge is 0.368 e. The molecule has 0 aliphatic heterocycles. The quantitative estimate of drug-likeness (QED) is 0.144. The number of sulfonamides is 1. The molecule has 6 aromatic rings. The number of rotatable bonds is 10. The number of anilines is 1. The third-order valence-electron chi connectivity index (χ3n) is 10.1. The van der Waals surface area contributed by atoms with E-state index in [0.717, 1.165) is 23.0 Å². The summed E-state index contributed by atoms with van der Waals surface area (Å²) >= 11 is 9.95. The third-order valence-corrected chi connectivity index (χ3v) is 11.6. The Morgan fingerprint density at radius 3 is 2.45 bits per heavy atom. The van der Waals surface area contributed by atoms with Gasteiger partial charge in [0.25, 0.3) is 17.9 Å². The molecule has 0 bridgehead atoms. The molecule has 3 heterocycles. The zero-order valence-electron chi connectivity index (χ0n) is 28.7. The molecule has 0 spiro atoms. The SMILES string of the molecule is Cn1nc(NS(C)(=O)=O)c2c(Cl)ccc(-n3c([C@@H](Cc4cc(F)cc(F)c4)C(C(N)=O)n4nc(C(F)F)c5c4C(F)(F)[C@@H]4C[C@H]54)nc4cccc(Br)c4c3=O)c21. The first-order valence-electron chi connectivity index (χ1n) is 16.7. The second kappa shape index (κ2) is 13.1. The standard InChI is InChI=1S/C35H26BrClF6N8O4S/c1-49-28-22(7-6-20(37)25(28)32(47-49)48-56(2,54)55)50-33(45-21-5-3-4-19(36)24(21)34(50)53)17(10-13-8-14(38)11-15(39)9-13)27(31(44)52)51-29-23(26(46-51)30(40)41)16-12-18(16)35(29,42)43/h3-9,11,16-18,27,30H,10,12H2,1-2H3,(H2,44,52)(H,47,48)/t16-,17-,18+,27?/m0/s1. The Bertz CT molecular complexity index is 2830. The normalized spacial score (nSPS) is 18.3. The first-order valence-corrected chi connectivity index (χ1v) is 19.7. The Morgan fingerprint density at radius 2 is 1.80 bits per heavy atom. The molecule has 21 heteroatoms. The predicted octanol–water partition coefficient (Wildman–Crippen LogP) is 6.73. The van der Waals surface area contributed by atoms with E-state index in [-0.39, 0.29) is 54.8 Å². The van der Waals surface area contributed by atoms with Crippen molar-refractivity contribution in [3.8, 4) is 5.69 Å². The average Bonchev–Trinajstić information content (AvgIpc) is 3.61. The molecule has 1 amide bonds. The van der Waals surface area contributed by atoms with Crippen LogP contribution in [0.25, 0.3) is 27.5 Å². The van der Waals surface area contributed by atoms with E-state index >= 15 is 8.78 Å². The third kappa shape index (κ3) is 6.03. The first-order chi connectivity index (χ1) is 26.3. The van der Waals surface area contributed by atoms with E-state index in [0.29, 0.717) is 10.7 Å². The number of carbonyl (C=O) groups excluding carboxylic acids is 1. The van der Waals surface area contributed by atoms with Gasteiger partial charge in [-0.1, -0.05) is 17.7 Å². The van der Waals surface area contributed by atoms with Crippen LogP contribution < -0.4 is 16.0 Å². The number of nitrogens with two attached hydrogens (primary N) is 1. The maximum atomic E-state index is 16.1. The van der Waals surface area contributed by atoms with Gasteiger partial charge in [-0.05, 0) is 76.7 Å². The number of carbonyl (C=O) groups is 1. The summed E-state index contributed by atoms with van der Waals surface area (Å²) in [5, 5.41) is 8.13. The van der Waals surface area contributed by atoms with Crippen molar-refractivity contribution in [2.45, 2.75) is 43.1 Å². The maximum absolute atomic E-state index is 16.1. The molecule has 3 aromatic carbocycles. The maximum Gasteiger partial charge on any atom is 0.293 e. The lowest BCUT2D eigenvalue weighted by atomic mass is 9.89. The fourth-order valence-corrected chi connectivity index (χ4v) is 9.17. The number of amides is 1. The van der Waals surface area contributed by atoms with Gasteiger partial charge in [0.1, 0.15) is 34.9 Å². The van der Waals surface area contributed by atoms with Crippen molar-refractivity contribution >= 4 is 71.1 Å². The number of nitrogens with zero attached hydrogens (tertiary/aromatic N) is 6. The summed E-state index contributed by atoms with van der Waals surface area (Å²) in [6.45, 7) is 0. The molecule has 1 fully saturated rings. The molecule has 12 nitrogen and oxygen atoms in total. The number of hydrogen-bond acceptors (Lipinski definition) is 7. The zero-order chi connectivity index (χ0) is 40.3.